The fourth-order valence-electron chi connectivity index (χ4n) is 1.56. The largest absolute Gasteiger partial charge is 0.465 e. The predicted molar refractivity (Wildman–Crippen MR) is 63.5 cm³/mol. The van der Waals surface area contributed by atoms with E-state index in [1.165, 1.54) is 12.1 Å². The van der Waals surface area contributed by atoms with Crippen LogP contribution in [0.4, 0.5) is 14.9 Å². The van der Waals surface area contributed by atoms with Crippen molar-refractivity contribution in [2.24, 2.45) is 11.5 Å². The highest BCUT2D eigenvalue weighted by molar-refractivity contribution is 5.96. The van der Waals surface area contributed by atoms with Crippen molar-refractivity contribution in [1.29, 1.82) is 0 Å². The number of rotatable bonds is 0. The Balaban J connectivity index is 0.000000357. The Morgan fingerprint density at radius 3 is 2.72 bits per heavy atom. The summed E-state index contributed by atoms with van der Waals surface area (Å²) >= 11 is 0. The lowest BCUT2D eigenvalue weighted by Gasteiger charge is -2.06. The maximum Gasteiger partial charge on any atom is 0.402 e. The van der Waals surface area contributed by atoms with Gasteiger partial charge in [0.2, 0.25) is 5.91 Å². The molecule has 1 aliphatic heterocycles. The van der Waals surface area contributed by atoms with Gasteiger partial charge in [-0.3, -0.25) is 4.79 Å². The lowest BCUT2D eigenvalue weighted by molar-refractivity contribution is -0.117. The van der Waals surface area contributed by atoms with Crippen LogP contribution in [0.1, 0.15) is 12.0 Å². The molecule has 7 heteroatoms. The SMILES string of the molecule is NC(=O)O.NC1CCc2cc(F)ccc2NC1=O. The number of nitrogens with two attached hydrogens (primary N) is 2. The van der Waals surface area contributed by atoms with Crippen LogP contribution in [0.5, 0.6) is 0 Å². The number of primary amides is 1. The second-order valence-corrected chi connectivity index (χ2v) is 3.77. The van der Waals surface area contributed by atoms with Crippen molar-refractivity contribution in [1.82, 2.24) is 0 Å². The Hall–Kier alpha value is -2.15. The van der Waals surface area contributed by atoms with Gasteiger partial charge in [-0.1, -0.05) is 0 Å². The van der Waals surface area contributed by atoms with Crippen molar-refractivity contribution < 1.29 is 19.1 Å². The van der Waals surface area contributed by atoms with E-state index in [4.69, 9.17) is 15.6 Å². The number of nitrogens with one attached hydrogen (secondary N) is 1. The average molecular weight is 255 g/mol. The van der Waals surface area contributed by atoms with Gasteiger partial charge >= 0.3 is 6.09 Å². The molecule has 1 unspecified atom stereocenters. The molecular weight excluding hydrogens is 241 g/mol. The third-order valence-electron chi connectivity index (χ3n) is 2.39. The number of benzene rings is 1. The third-order valence-corrected chi connectivity index (χ3v) is 2.39. The molecule has 2 amide bonds. The average Bonchev–Trinajstić information content (AvgIpc) is 2.40. The highest BCUT2D eigenvalue weighted by atomic mass is 19.1. The molecular formula is C11H14FN3O3. The molecule has 0 bridgehead atoms. The molecule has 0 spiro atoms. The Labute approximate surface area is 103 Å². The summed E-state index contributed by atoms with van der Waals surface area (Å²) in [5.74, 6) is -0.483. The van der Waals surface area contributed by atoms with Gasteiger partial charge in [0, 0.05) is 5.69 Å². The molecule has 0 saturated carbocycles. The van der Waals surface area contributed by atoms with Crippen LogP contribution in [0.3, 0.4) is 0 Å². The zero-order valence-electron chi connectivity index (χ0n) is 9.52. The number of anilines is 1. The summed E-state index contributed by atoms with van der Waals surface area (Å²) in [7, 11) is 0. The number of hydrogen-bond acceptors (Lipinski definition) is 3. The van der Waals surface area contributed by atoms with Crippen molar-refractivity contribution in [2.45, 2.75) is 18.9 Å². The molecule has 0 radical (unpaired) electrons. The molecule has 6 nitrogen and oxygen atoms in total. The predicted octanol–water partition coefficient (Wildman–Crippen LogP) is 0.661. The van der Waals surface area contributed by atoms with E-state index in [1.807, 2.05) is 0 Å². The van der Waals surface area contributed by atoms with E-state index in [0.29, 0.717) is 18.5 Å². The van der Waals surface area contributed by atoms with E-state index >= 15 is 0 Å². The van der Waals surface area contributed by atoms with Crippen LogP contribution in [0.15, 0.2) is 18.2 Å². The monoisotopic (exact) mass is 255 g/mol. The number of carbonyl (C=O) groups is 2. The van der Waals surface area contributed by atoms with Gasteiger partial charge in [-0.2, -0.15) is 0 Å². The van der Waals surface area contributed by atoms with E-state index in [9.17, 15) is 9.18 Å². The number of aryl methyl sites for hydroxylation is 1. The van der Waals surface area contributed by atoms with Crippen molar-refractivity contribution in [3.05, 3.63) is 29.6 Å². The van der Waals surface area contributed by atoms with Crippen LogP contribution in [-0.4, -0.2) is 23.1 Å². The molecule has 0 aliphatic carbocycles. The van der Waals surface area contributed by atoms with Crippen molar-refractivity contribution in [3.63, 3.8) is 0 Å². The van der Waals surface area contributed by atoms with Crippen molar-refractivity contribution in [2.75, 3.05) is 5.32 Å². The minimum atomic E-state index is -1.33. The second-order valence-electron chi connectivity index (χ2n) is 3.77. The van der Waals surface area contributed by atoms with E-state index < -0.39 is 12.1 Å². The third kappa shape index (κ3) is 4.02. The maximum absolute atomic E-state index is 12.9. The van der Waals surface area contributed by atoms with Gasteiger partial charge in [-0.15, -0.1) is 0 Å². The molecule has 0 aromatic heterocycles. The van der Waals surface area contributed by atoms with Crippen LogP contribution >= 0.6 is 0 Å². The number of carboxylic acid groups (broad SMARTS) is 1. The highest BCUT2D eigenvalue weighted by Crippen LogP contribution is 2.22. The van der Waals surface area contributed by atoms with Gasteiger partial charge in [0.15, 0.2) is 0 Å². The fourth-order valence-corrected chi connectivity index (χ4v) is 1.56. The minimum Gasteiger partial charge on any atom is -0.465 e. The van der Waals surface area contributed by atoms with Crippen LogP contribution in [0, 0.1) is 5.82 Å². The zero-order valence-corrected chi connectivity index (χ0v) is 9.52. The van der Waals surface area contributed by atoms with Crippen LogP contribution in [-0.2, 0) is 11.2 Å². The number of fused-ring (bicyclic) bond motifs is 1. The molecule has 1 aliphatic rings. The standard InChI is InChI=1S/C10H11FN2O.CH3NO2/c11-7-2-4-9-6(5-7)1-3-8(12)10(14)13-9;2-1(3)4/h2,4-5,8H,1,3,12H2,(H,13,14);2H2,(H,3,4). The van der Waals surface area contributed by atoms with E-state index in [2.05, 4.69) is 11.1 Å². The number of carbonyl (C=O) groups excluding carboxylic acids is 1. The van der Waals surface area contributed by atoms with Crippen LogP contribution in [0.2, 0.25) is 0 Å². The molecule has 1 aromatic carbocycles. The van der Waals surface area contributed by atoms with Gasteiger partial charge in [-0.05, 0) is 36.6 Å². The normalized spacial score (nSPS) is 17.7. The summed E-state index contributed by atoms with van der Waals surface area (Å²) in [6, 6.07) is 3.84. The Morgan fingerprint density at radius 2 is 2.11 bits per heavy atom. The molecule has 1 aromatic rings. The lowest BCUT2D eigenvalue weighted by Crippen LogP contribution is -2.34. The van der Waals surface area contributed by atoms with Crippen molar-refractivity contribution >= 4 is 17.7 Å². The van der Waals surface area contributed by atoms with E-state index in [-0.39, 0.29) is 11.7 Å². The molecule has 98 valence electrons. The van der Waals surface area contributed by atoms with Gasteiger partial charge in [-0.25, -0.2) is 9.18 Å². The molecule has 2 rings (SSSR count). The Bertz CT molecular complexity index is 461. The van der Waals surface area contributed by atoms with Crippen LogP contribution < -0.4 is 16.8 Å². The molecule has 6 N–H and O–H groups in total. The van der Waals surface area contributed by atoms with Crippen molar-refractivity contribution in [3.8, 4) is 0 Å². The van der Waals surface area contributed by atoms with E-state index in [0.717, 1.165) is 5.56 Å². The fraction of sp³-hybridized carbons (Fsp3) is 0.273. The van der Waals surface area contributed by atoms with Gasteiger partial charge in [0.05, 0.1) is 6.04 Å². The van der Waals surface area contributed by atoms with E-state index in [1.54, 1.807) is 6.07 Å². The summed E-state index contributed by atoms with van der Waals surface area (Å²) in [5, 5.41) is 9.86. The molecule has 0 saturated heterocycles. The summed E-state index contributed by atoms with van der Waals surface area (Å²) in [6.07, 6.45) is -0.144. The topological polar surface area (TPSA) is 118 Å². The summed E-state index contributed by atoms with van der Waals surface area (Å²) in [4.78, 5) is 20.1. The Kier molecular flexibility index (Phi) is 4.61. The number of amides is 2. The first-order valence-corrected chi connectivity index (χ1v) is 5.23. The first kappa shape index (κ1) is 13.9. The highest BCUT2D eigenvalue weighted by Gasteiger charge is 2.19. The quantitative estimate of drug-likeness (QED) is 0.544. The summed E-state index contributed by atoms with van der Waals surface area (Å²) < 4.78 is 12.9. The smallest absolute Gasteiger partial charge is 0.402 e. The molecule has 1 heterocycles. The molecule has 1 atom stereocenters. The minimum absolute atomic E-state index is 0.199. The zero-order chi connectivity index (χ0) is 13.7. The summed E-state index contributed by atoms with van der Waals surface area (Å²) in [6.45, 7) is 0. The maximum atomic E-state index is 12.9. The molecule has 18 heavy (non-hydrogen) atoms. The second kappa shape index (κ2) is 5.97. The number of halogens is 1. The van der Waals surface area contributed by atoms with Crippen LogP contribution in [0.25, 0.3) is 0 Å². The van der Waals surface area contributed by atoms with Gasteiger partial charge in [0.1, 0.15) is 5.82 Å². The van der Waals surface area contributed by atoms with Gasteiger partial charge < -0.3 is 21.9 Å². The lowest BCUT2D eigenvalue weighted by atomic mass is 10.1. The first-order valence-electron chi connectivity index (χ1n) is 5.23. The number of hydrogen-bond donors (Lipinski definition) is 4. The summed E-state index contributed by atoms with van der Waals surface area (Å²) in [5.41, 5.74) is 11.1. The van der Waals surface area contributed by atoms with Gasteiger partial charge in [0.25, 0.3) is 0 Å². The molecule has 0 fully saturated rings. The first-order chi connectivity index (χ1) is 8.40. The Morgan fingerprint density at radius 1 is 1.50 bits per heavy atom.